The smallest absolute Gasteiger partial charge is 0.123 e. The maximum Gasteiger partial charge on any atom is 0.123 e. The van der Waals surface area contributed by atoms with E-state index in [0.717, 1.165) is 5.75 Å². The average Bonchev–Trinajstić information content (AvgIpc) is 3.17. The SMILES string of the molecule is CC(C)(C)c1ccc(OCC(N)C2CC2)c(C(C)(C)C)c1. The van der Waals surface area contributed by atoms with Gasteiger partial charge in [0.1, 0.15) is 12.4 Å². The van der Waals surface area contributed by atoms with Crippen molar-refractivity contribution in [3.05, 3.63) is 29.3 Å². The van der Waals surface area contributed by atoms with Crippen LogP contribution in [0.3, 0.4) is 0 Å². The predicted molar refractivity (Wildman–Crippen MR) is 90.0 cm³/mol. The number of rotatable bonds is 4. The second kappa shape index (κ2) is 5.64. The number of hydrogen-bond acceptors (Lipinski definition) is 2. The molecule has 1 aromatic rings. The molecule has 0 saturated heterocycles. The molecule has 1 saturated carbocycles. The number of benzene rings is 1. The summed E-state index contributed by atoms with van der Waals surface area (Å²) in [6.45, 7) is 14.1. The second-order valence-corrected chi connectivity index (χ2v) is 8.52. The van der Waals surface area contributed by atoms with Crippen molar-refractivity contribution in [1.82, 2.24) is 0 Å². The van der Waals surface area contributed by atoms with Gasteiger partial charge in [-0.05, 0) is 46.8 Å². The van der Waals surface area contributed by atoms with Crippen LogP contribution in [0.25, 0.3) is 0 Å². The Morgan fingerprint density at radius 1 is 1.10 bits per heavy atom. The van der Waals surface area contributed by atoms with Crippen LogP contribution >= 0.6 is 0 Å². The third kappa shape index (κ3) is 4.23. The van der Waals surface area contributed by atoms with E-state index in [1.165, 1.54) is 24.0 Å². The molecule has 2 heteroatoms. The minimum absolute atomic E-state index is 0.0697. The molecule has 0 aromatic heterocycles. The Kier molecular flexibility index (Phi) is 4.39. The predicted octanol–water partition coefficient (Wildman–Crippen LogP) is 4.40. The first-order valence-corrected chi connectivity index (χ1v) is 8.12. The molecule has 21 heavy (non-hydrogen) atoms. The second-order valence-electron chi connectivity index (χ2n) is 8.52. The Hall–Kier alpha value is -1.02. The highest BCUT2D eigenvalue weighted by Crippen LogP contribution is 2.36. The summed E-state index contributed by atoms with van der Waals surface area (Å²) in [4.78, 5) is 0. The largest absolute Gasteiger partial charge is 0.492 e. The number of hydrogen-bond donors (Lipinski definition) is 1. The fraction of sp³-hybridized carbons (Fsp3) is 0.684. The zero-order valence-corrected chi connectivity index (χ0v) is 14.5. The van der Waals surface area contributed by atoms with Gasteiger partial charge in [-0.1, -0.05) is 53.7 Å². The first kappa shape index (κ1) is 16.4. The van der Waals surface area contributed by atoms with E-state index in [9.17, 15) is 0 Å². The van der Waals surface area contributed by atoms with Gasteiger partial charge in [-0.2, -0.15) is 0 Å². The van der Waals surface area contributed by atoms with Gasteiger partial charge < -0.3 is 10.5 Å². The molecule has 1 fully saturated rings. The molecule has 0 heterocycles. The van der Waals surface area contributed by atoms with E-state index in [4.69, 9.17) is 10.5 Å². The van der Waals surface area contributed by atoms with Crippen LogP contribution in [0.2, 0.25) is 0 Å². The standard InChI is InChI=1S/C19H31NO/c1-18(2,3)14-9-10-17(15(11-14)19(4,5)6)21-12-16(20)13-7-8-13/h9-11,13,16H,7-8,12,20H2,1-6H3. The summed E-state index contributed by atoms with van der Waals surface area (Å²) < 4.78 is 6.07. The normalized spacial score (nSPS) is 17.7. The Bertz CT molecular complexity index is 489. The van der Waals surface area contributed by atoms with Crippen molar-refractivity contribution in [2.75, 3.05) is 6.61 Å². The lowest BCUT2D eigenvalue weighted by Gasteiger charge is -2.27. The van der Waals surface area contributed by atoms with E-state index < -0.39 is 0 Å². The highest BCUT2D eigenvalue weighted by Gasteiger charge is 2.29. The quantitative estimate of drug-likeness (QED) is 0.891. The summed E-state index contributed by atoms with van der Waals surface area (Å²) in [7, 11) is 0. The van der Waals surface area contributed by atoms with Gasteiger partial charge in [0.15, 0.2) is 0 Å². The lowest BCUT2D eigenvalue weighted by Crippen LogP contribution is -2.30. The molecule has 0 aliphatic heterocycles. The summed E-state index contributed by atoms with van der Waals surface area (Å²) in [6, 6.07) is 6.80. The molecule has 1 aliphatic rings. The van der Waals surface area contributed by atoms with Crippen LogP contribution < -0.4 is 10.5 Å². The first-order valence-electron chi connectivity index (χ1n) is 8.12. The van der Waals surface area contributed by atoms with Gasteiger partial charge in [0.2, 0.25) is 0 Å². The van der Waals surface area contributed by atoms with Crippen molar-refractivity contribution in [2.45, 2.75) is 71.3 Å². The van der Waals surface area contributed by atoms with Crippen molar-refractivity contribution >= 4 is 0 Å². The monoisotopic (exact) mass is 289 g/mol. The average molecular weight is 289 g/mol. The molecule has 2 N–H and O–H groups in total. The van der Waals surface area contributed by atoms with Gasteiger partial charge >= 0.3 is 0 Å². The Morgan fingerprint density at radius 2 is 1.71 bits per heavy atom. The Labute approximate surface area is 130 Å². The van der Waals surface area contributed by atoms with Crippen LogP contribution in [0.5, 0.6) is 5.75 Å². The summed E-state index contributed by atoms with van der Waals surface area (Å²) in [5, 5.41) is 0. The minimum Gasteiger partial charge on any atom is -0.492 e. The summed E-state index contributed by atoms with van der Waals surface area (Å²) >= 11 is 0. The van der Waals surface area contributed by atoms with Crippen molar-refractivity contribution < 1.29 is 4.74 Å². The summed E-state index contributed by atoms with van der Waals surface area (Å²) in [5.41, 5.74) is 9.01. The molecule has 1 aromatic carbocycles. The van der Waals surface area contributed by atoms with Crippen molar-refractivity contribution in [1.29, 1.82) is 0 Å². The van der Waals surface area contributed by atoms with Gasteiger partial charge in [0.25, 0.3) is 0 Å². The lowest BCUT2D eigenvalue weighted by molar-refractivity contribution is 0.269. The lowest BCUT2D eigenvalue weighted by atomic mass is 9.80. The van der Waals surface area contributed by atoms with Crippen LogP contribution in [0, 0.1) is 5.92 Å². The summed E-state index contributed by atoms with van der Waals surface area (Å²) in [6.07, 6.45) is 2.53. The molecule has 2 rings (SSSR count). The molecular weight excluding hydrogens is 258 g/mol. The molecule has 1 aliphatic carbocycles. The van der Waals surface area contributed by atoms with Gasteiger partial charge in [-0.3, -0.25) is 0 Å². The van der Waals surface area contributed by atoms with Crippen LogP contribution in [-0.2, 0) is 10.8 Å². The van der Waals surface area contributed by atoms with Gasteiger partial charge in [0.05, 0.1) is 0 Å². The highest BCUT2D eigenvalue weighted by molar-refractivity contribution is 5.43. The van der Waals surface area contributed by atoms with Crippen LogP contribution in [0.15, 0.2) is 18.2 Å². The molecule has 0 spiro atoms. The summed E-state index contributed by atoms with van der Waals surface area (Å²) in [5.74, 6) is 1.67. The van der Waals surface area contributed by atoms with E-state index in [1.54, 1.807) is 0 Å². The third-order valence-corrected chi connectivity index (χ3v) is 4.31. The van der Waals surface area contributed by atoms with E-state index in [1.807, 2.05) is 0 Å². The zero-order valence-electron chi connectivity index (χ0n) is 14.5. The molecule has 0 amide bonds. The molecule has 1 atom stereocenters. The molecular formula is C19H31NO. The Balaban J connectivity index is 2.22. The van der Waals surface area contributed by atoms with Gasteiger partial charge in [-0.15, -0.1) is 0 Å². The van der Waals surface area contributed by atoms with E-state index in [0.29, 0.717) is 12.5 Å². The molecule has 1 unspecified atom stereocenters. The number of nitrogens with two attached hydrogens (primary N) is 1. The maximum atomic E-state index is 6.16. The molecule has 2 nitrogen and oxygen atoms in total. The van der Waals surface area contributed by atoms with Crippen molar-refractivity contribution in [3.8, 4) is 5.75 Å². The van der Waals surface area contributed by atoms with E-state index in [-0.39, 0.29) is 16.9 Å². The van der Waals surface area contributed by atoms with E-state index >= 15 is 0 Å². The van der Waals surface area contributed by atoms with Crippen LogP contribution in [0.4, 0.5) is 0 Å². The van der Waals surface area contributed by atoms with Gasteiger partial charge in [-0.25, -0.2) is 0 Å². The van der Waals surface area contributed by atoms with E-state index in [2.05, 4.69) is 59.7 Å². The zero-order chi connectivity index (χ0) is 15.8. The van der Waals surface area contributed by atoms with Crippen molar-refractivity contribution in [3.63, 3.8) is 0 Å². The minimum atomic E-state index is 0.0697. The molecule has 0 bridgehead atoms. The maximum absolute atomic E-state index is 6.16. The topological polar surface area (TPSA) is 35.2 Å². The fourth-order valence-electron chi connectivity index (χ4n) is 2.55. The molecule has 0 radical (unpaired) electrons. The van der Waals surface area contributed by atoms with Crippen LogP contribution in [0.1, 0.15) is 65.5 Å². The fourth-order valence-corrected chi connectivity index (χ4v) is 2.55. The first-order chi connectivity index (χ1) is 9.59. The highest BCUT2D eigenvalue weighted by atomic mass is 16.5. The van der Waals surface area contributed by atoms with Gasteiger partial charge in [0, 0.05) is 6.04 Å². The van der Waals surface area contributed by atoms with Crippen LogP contribution in [-0.4, -0.2) is 12.6 Å². The third-order valence-electron chi connectivity index (χ3n) is 4.31. The van der Waals surface area contributed by atoms with Crippen molar-refractivity contribution in [2.24, 2.45) is 11.7 Å². The molecule has 118 valence electrons. The Morgan fingerprint density at radius 3 is 2.19 bits per heavy atom. The number of ether oxygens (including phenoxy) is 1.